The molecule has 0 unspecified atom stereocenters. The normalized spacial score (nSPS) is 10.8. The van der Waals surface area contributed by atoms with Gasteiger partial charge in [-0.15, -0.1) is 0 Å². The second kappa shape index (κ2) is 8.20. The average Bonchev–Trinajstić information content (AvgIpc) is 2.76. The number of hydrogen-bond donors (Lipinski definition) is 0. The van der Waals surface area contributed by atoms with E-state index in [1.165, 1.54) is 11.1 Å². The molecule has 0 atom stereocenters. The smallest absolute Gasteiger partial charge is 0.0533 e. The Labute approximate surface area is 160 Å². The maximum absolute atomic E-state index is 2.30. The van der Waals surface area contributed by atoms with Gasteiger partial charge in [0.05, 0.1) is 5.69 Å². The molecule has 0 aliphatic carbocycles. The number of benzene rings is 4. The zero-order chi connectivity index (χ0) is 18.3. The van der Waals surface area contributed by atoms with E-state index in [0.29, 0.717) is 0 Å². The molecule has 4 aromatic rings. The van der Waals surface area contributed by atoms with Gasteiger partial charge in [-0.3, -0.25) is 0 Å². The molecule has 27 heavy (non-hydrogen) atoms. The van der Waals surface area contributed by atoms with E-state index in [9.17, 15) is 0 Å². The van der Waals surface area contributed by atoms with Gasteiger partial charge in [0.15, 0.2) is 0 Å². The molecule has 0 aliphatic rings. The fourth-order valence-electron chi connectivity index (χ4n) is 3.16. The van der Waals surface area contributed by atoms with Gasteiger partial charge in [-0.2, -0.15) is 0 Å². The molecule has 4 aromatic carbocycles. The lowest BCUT2D eigenvalue weighted by atomic mass is 10.1. The van der Waals surface area contributed by atoms with Crippen molar-refractivity contribution in [2.75, 3.05) is 4.90 Å². The van der Waals surface area contributed by atoms with Crippen LogP contribution in [0.5, 0.6) is 0 Å². The second-order valence-corrected chi connectivity index (χ2v) is 6.31. The van der Waals surface area contributed by atoms with Crippen molar-refractivity contribution in [3.05, 3.63) is 126 Å². The lowest BCUT2D eigenvalue weighted by Crippen LogP contribution is -2.10. The Hall–Kier alpha value is -3.58. The molecule has 4 rings (SSSR count). The highest BCUT2D eigenvalue weighted by atomic mass is 15.1. The Balaban J connectivity index is 1.81. The minimum atomic E-state index is 1.14. The van der Waals surface area contributed by atoms with E-state index >= 15 is 0 Å². The van der Waals surface area contributed by atoms with Crippen molar-refractivity contribution in [1.29, 1.82) is 0 Å². The minimum Gasteiger partial charge on any atom is -0.310 e. The topological polar surface area (TPSA) is 3.24 Å². The van der Waals surface area contributed by atoms with Crippen molar-refractivity contribution in [3.63, 3.8) is 0 Å². The van der Waals surface area contributed by atoms with E-state index < -0.39 is 0 Å². The van der Waals surface area contributed by atoms with Crippen LogP contribution in [-0.2, 0) is 0 Å². The number of nitrogens with zero attached hydrogens (tertiary/aromatic N) is 1. The molecule has 0 radical (unpaired) electrons. The third kappa shape index (κ3) is 3.99. The summed E-state index contributed by atoms with van der Waals surface area (Å²) in [5.74, 6) is 0. The van der Waals surface area contributed by atoms with Gasteiger partial charge in [0.25, 0.3) is 0 Å². The summed E-state index contributed by atoms with van der Waals surface area (Å²) in [6.07, 6.45) is 4.34. The SMILES string of the molecule is C(=C\c1ccccc1N(c1ccccc1)c1ccccc1)/c1ccccc1. The molecule has 0 N–H and O–H groups in total. The van der Waals surface area contributed by atoms with Gasteiger partial charge in [-0.1, -0.05) is 97.1 Å². The fraction of sp³-hybridized carbons (Fsp3) is 0. The van der Waals surface area contributed by atoms with Gasteiger partial charge >= 0.3 is 0 Å². The van der Waals surface area contributed by atoms with Crippen molar-refractivity contribution in [1.82, 2.24) is 0 Å². The van der Waals surface area contributed by atoms with Crippen LogP contribution in [0.3, 0.4) is 0 Å². The standard InChI is InChI=1S/C26H21N/c1-4-12-22(13-5-1)20-21-23-14-10-11-19-26(23)27(24-15-6-2-7-16-24)25-17-8-3-9-18-25/h1-21H/b21-20+. The summed E-state index contributed by atoms with van der Waals surface area (Å²) in [6, 6.07) is 39.9. The number of rotatable bonds is 5. The molecule has 0 amide bonds. The summed E-state index contributed by atoms with van der Waals surface area (Å²) in [4.78, 5) is 2.30. The Morgan fingerprint density at radius 3 is 1.52 bits per heavy atom. The van der Waals surface area contributed by atoms with E-state index in [0.717, 1.165) is 17.1 Å². The van der Waals surface area contributed by atoms with Crippen LogP contribution in [0, 0.1) is 0 Å². The molecular formula is C26H21N. The summed E-state index contributed by atoms with van der Waals surface area (Å²) in [5.41, 5.74) is 5.81. The van der Waals surface area contributed by atoms with Crippen LogP contribution in [0.15, 0.2) is 115 Å². The van der Waals surface area contributed by atoms with Gasteiger partial charge < -0.3 is 4.90 Å². The summed E-state index contributed by atoms with van der Waals surface area (Å²) in [7, 11) is 0. The maximum Gasteiger partial charge on any atom is 0.0533 e. The maximum atomic E-state index is 2.30. The Kier molecular flexibility index (Phi) is 5.12. The summed E-state index contributed by atoms with van der Waals surface area (Å²) < 4.78 is 0. The second-order valence-electron chi connectivity index (χ2n) is 6.31. The summed E-state index contributed by atoms with van der Waals surface area (Å²) in [5, 5.41) is 0. The largest absolute Gasteiger partial charge is 0.310 e. The van der Waals surface area contributed by atoms with E-state index in [1.807, 2.05) is 18.2 Å². The van der Waals surface area contributed by atoms with Crippen molar-refractivity contribution in [2.24, 2.45) is 0 Å². The first-order valence-corrected chi connectivity index (χ1v) is 9.14. The van der Waals surface area contributed by atoms with Crippen LogP contribution in [0.25, 0.3) is 12.2 Å². The van der Waals surface area contributed by atoms with Crippen LogP contribution in [-0.4, -0.2) is 0 Å². The first-order chi connectivity index (χ1) is 13.4. The van der Waals surface area contributed by atoms with Crippen molar-refractivity contribution in [2.45, 2.75) is 0 Å². The highest BCUT2D eigenvalue weighted by molar-refractivity contribution is 5.85. The molecule has 0 bridgehead atoms. The first kappa shape index (κ1) is 16.9. The Morgan fingerprint density at radius 1 is 0.444 bits per heavy atom. The third-order valence-electron chi connectivity index (χ3n) is 4.46. The summed E-state index contributed by atoms with van der Waals surface area (Å²) >= 11 is 0. The monoisotopic (exact) mass is 347 g/mol. The van der Waals surface area contributed by atoms with E-state index in [2.05, 4.69) is 114 Å². The molecule has 0 fully saturated rings. The molecule has 0 saturated carbocycles. The zero-order valence-corrected chi connectivity index (χ0v) is 15.1. The van der Waals surface area contributed by atoms with Crippen molar-refractivity contribution < 1.29 is 0 Å². The predicted octanol–water partition coefficient (Wildman–Crippen LogP) is 7.33. The van der Waals surface area contributed by atoms with Gasteiger partial charge in [-0.25, -0.2) is 0 Å². The third-order valence-corrected chi connectivity index (χ3v) is 4.46. The van der Waals surface area contributed by atoms with Gasteiger partial charge in [0.1, 0.15) is 0 Å². The number of para-hydroxylation sites is 3. The lowest BCUT2D eigenvalue weighted by Gasteiger charge is -2.27. The summed E-state index contributed by atoms with van der Waals surface area (Å²) in [6.45, 7) is 0. The molecule has 0 spiro atoms. The molecule has 0 aromatic heterocycles. The Bertz CT molecular complexity index is 966. The molecule has 130 valence electrons. The highest BCUT2D eigenvalue weighted by Crippen LogP contribution is 2.36. The molecular weight excluding hydrogens is 326 g/mol. The van der Waals surface area contributed by atoms with Crippen LogP contribution in [0.1, 0.15) is 11.1 Å². The fourth-order valence-corrected chi connectivity index (χ4v) is 3.16. The van der Waals surface area contributed by atoms with E-state index in [1.54, 1.807) is 0 Å². The minimum absolute atomic E-state index is 1.14. The average molecular weight is 347 g/mol. The number of anilines is 3. The molecule has 1 heteroatoms. The van der Waals surface area contributed by atoms with Gasteiger partial charge in [-0.05, 0) is 41.5 Å². The van der Waals surface area contributed by atoms with Crippen molar-refractivity contribution >= 4 is 29.2 Å². The lowest BCUT2D eigenvalue weighted by molar-refractivity contribution is 1.28. The van der Waals surface area contributed by atoms with E-state index in [4.69, 9.17) is 0 Å². The van der Waals surface area contributed by atoms with E-state index in [-0.39, 0.29) is 0 Å². The molecule has 0 aliphatic heterocycles. The highest BCUT2D eigenvalue weighted by Gasteiger charge is 2.13. The molecule has 0 saturated heterocycles. The molecule has 1 nitrogen and oxygen atoms in total. The van der Waals surface area contributed by atoms with Gasteiger partial charge in [0, 0.05) is 11.4 Å². The zero-order valence-electron chi connectivity index (χ0n) is 15.1. The predicted molar refractivity (Wildman–Crippen MR) is 116 cm³/mol. The van der Waals surface area contributed by atoms with Crippen molar-refractivity contribution in [3.8, 4) is 0 Å². The van der Waals surface area contributed by atoms with Crippen LogP contribution < -0.4 is 4.90 Å². The van der Waals surface area contributed by atoms with Gasteiger partial charge in [0.2, 0.25) is 0 Å². The number of hydrogen-bond acceptors (Lipinski definition) is 1. The van der Waals surface area contributed by atoms with Crippen LogP contribution in [0.4, 0.5) is 17.1 Å². The Morgan fingerprint density at radius 2 is 0.926 bits per heavy atom. The quantitative estimate of drug-likeness (QED) is 0.342. The van der Waals surface area contributed by atoms with Crippen LogP contribution in [0.2, 0.25) is 0 Å². The first-order valence-electron chi connectivity index (χ1n) is 9.14. The van der Waals surface area contributed by atoms with Crippen LogP contribution >= 0.6 is 0 Å². The molecule has 0 heterocycles.